The molecule has 2 nitrogen and oxygen atoms in total. The number of benzene rings is 1. The molecule has 0 spiro atoms. The molecule has 0 saturated carbocycles. The van der Waals surface area contributed by atoms with Crippen LogP contribution in [0.3, 0.4) is 0 Å². The van der Waals surface area contributed by atoms with Crippen molar-refractivity contribution in [1.82, 2.24) is 5.32 Å². The van der Waals surface area contributed by atoms with Crippen LogP contribution < -0.4 is 10.2 Å². The minimum absolute atomic E-state index is 0.197. The average Bonchev–Trinajstić information content (AvgIpc) is 2.74. The smallest absolute Gasteiger partial charge is 0.0650 e. The molecule has 1 atom stereocenters. The molecule has 1 aliphatic heterocycles. The molecule has 19 heavy (non-hydrogen) atoms. The lowest BCUT2D eigenvalue weighted by Gasteiger charge is -2.24. The monoisotopic (exact) mass is 344 g/mol. The Balaban J connectivity index is 1.94. The van der Waals surface area contributed by atoms with Gasteiger partial charge < -0.3 is 10.2 Å². The van der Waals surface area contributed by atoms with E-state index in [0.717, 1.165) is 34.8 Å². The average molecular weight is 346 g/mol. The number of anilines is 1. The van der Waals surface area contributed by atoms with Gasteiger partial charge in [0.15, 0.2) is 0 Å². The van der Waals surface area contributed by atoms with Crippen LogP contribution in [0.25, 0.3) is 0 Å². The van der Waals surface area contributed by atoms with Gasteiger partial charge in [-0.3, -0.25) is 0 Å². The lowest BCUT2D eigenvalue weighted by molar-refractivity contribution is 0.383. The molecule has 1 unspecified atom stereocenters. The molecule has 0 bridgehead atoms. The minimum atomic E-state index is 0.197. The van der Waals surface area contributed by atoms with Gasteiger partial charge in [-0.15, -0.1) is 0 Å². The van der Waals surface area contributed by atoms with Gasteiger partial charge in [0.05, 0.1) is 10.7 Å². The summed E-state index contributed by atoms with van der Waals surface area (Å²) in [5, 5.41) is 4.42. The second-order valence-electron chi connectivity index (χ2n) is 6.33. The summed E-state index contributed by atoms with van der Waals surface area (Å²) in [6, 6.07) is 6.13. The Morgan fingerprint density at radius 1 is 1.42 bits per heavy atom. The lowest BCUT2D eigenvalue weighted by atomic mass is 10.1. The summed E-state index contributed by atoms with van der Waals surface area (Å²) in [6.45, 7) is 9.90. The van der Waals surface area contributed by atoms with Crippen molar-refractivity contribution in [2.45, 2.75) is 32.7 Å². The van der Waals surface area contributed by atoms with Gasteiger partial charge in [-0.1, -0.05) is 27.5 Å². The highest BCUT2D eigenvalue weighted by molar-refractivity contribution is 9.10. The highest BCUT2D eigenvalue weighted by Crippen LogP contribution is 2.32. The Kier molecular flexibility index (Phi) is 4.80. The number of nitrogens with zero attached hydrogens (tertiary/aromatic N) is 1. The zero-order chi connectivity index (χ0) is 14.0. The van der Waals surface area contributed by atoms with Crippen LogP contribution in [0.15, 0.2) is 22.7 Å². The summed E-state index contributed by atoms with van der Waals surface area (Å²) in [5.41, 5.74) is 1.35. The summed E-state index contributed by atoms with van der Waals surface area (Å²) >= 11 is 9.77. The number of halogens is 2. The van der Waals surface area contributed by atoms with Crippen LogP contribution in [-0.4, -0.2) is 25.2 Å². The van der Waals surface area contributed by atoms with Crippen molar-refractivity contribution >= 4 is 33.2 Å². The molecule has 1 aliphatic rings. The first-order chi connectivity index (χ1) is 8.85. The Labute approximate surface area is 129 Å². The van der Waals surface area contributed by atoms with Crippen molar-refractivity contribution in [3.63, 3.8) is 0 Å². The number of rotatable bonds is 3. The van der Waals surface area contributed by atoms with Crippen molar-refractivity contribution in [2.75, 3.05) is 24.5 Å². The number of nitrogens with one attached hydrogen (secondary N) is 1. The fourth-order valence-corrected chi connectivity index (χ4v) is 3.20. The largest absolute Gasteiger partial charge is 0.370 e. The molecule has 106 valence electrons. The van der Waals surface area contributed by atoms with Gasteiger partial charge in [0.1, 0.15) is 0 Å². The summed E-state index contributed by atoms with van der Waals surface area (Å²) < 4.78 is 1.03. The SMILES string of the molecule is CC(C)(C)NCC1CCN(c2ccc(Br)cc2Cl)C1. The predicted molar refractivity (Wildman–Crippen MR) is 87.2 cm³/mol. The summed E-state index contributed by atoms with van der Waals surface area (Å²) in [7, 11) is 0. The van der Waals surface area contributed by atoms with Gasteiger partial charge in [0, 0.05) is 29.6 Å². The molecular weight excluding hydrogens is 324 g/mol. The van der Waals surface area contributed by atoms with Crippen LogP contribution in [0.5, 0.6) is 0 Å². The topological polar surface area (TPSA) is 15.3 Å². The Morgan fingerprint density at radius 3 is 2.79 bits per heavy atom. The van der Waals surface area contributed by atoms with E-state index < -0.39 is 0 Å². The highest BCUT2D eigenvalue weighted by Gasteiger charge is 2.25. The maximum Gasteiger partial charge on any atom is 0.0650 e. The third-order valence-electron chi connectivity index (χ3n) is 3.46. The Morgan fingerprint density at radius 2 is 2.16 bits per heavy atom. The van der Waals surface area contributed by atoms with Crippen molar-refractivity contribution in [3.8, 4) is 0 Å². The number of hydrogen-bond acceptors (Lipinski definition) is 2. The Bertz CT molecular complexity index is 442. The van der Waals surface area contributed by atoms with E-state index in [1.165, 1.54) is 6.42 Å². The van der Waals surface area contributed by atoms with E-state index in [1.54, 1.807) is 0 Å². The van der Waals surface area contributed by atoms with Crippen LogP contribution in [-0.2, 0) is 0 Å². The quantitative estimate of drug-likeness (QED) is 0.878. The molecule has 2 rings (SSSR count). The third-order valence-corrected chi connectivity index (χ3v) is 4.25. The standard InChI is InChI=1S/C15H22BrClN2/c1-15(2,3)18-9-11-6-7-19(10-11)14-5-4-12(16)8-13(14)17/h4-5,8,11,18H,6-7,9-10H2,1-3H3. The predicted octanol–water partition coefficient (Wildman–Crippen LogP) is 4.32. The van der Waals surface area contributed by atoms with Crippen molar-refractivity contribution < 1.29 is 0 Å². The molecule has 0 aliphatic carbocycles. The zero-order valence-corrected chi connectivity index (χ0v) is 14.2. The fourth-order valence-electron chi connectivity index (χ4n) is 2.41. The molecule has 0 amide bonds. The number of hydrogen-bond donors (Lipinski definition) is 1. The van der Waals surface area contributed by atoms with E-state index in [2.05, 4.69) is 59.1 Å². The second-order valence-corrected chi connectivity index (χ2v) is 7.65. The summed E-state index contributed by atoms with van der Waals surface area (Å²) in [5.74, 6) is 0.707. The van der Waals surface area contributed by atoms with Crippen molar-refractivity contribution in [1.29, 1.82) is 0 Å². The lowest BCUT2D eigenvalue weighted by Crippen LogP contribution is -2.39. The van der Waals surface area contributed by atoms with E-state index in [4.69, 9.17) is 11.6 Å². The molecule has 1 aromatic rings. The summed E-state index contributed by atoms with van der Waals surface area (Å²) in [4.78, 5) is 2.39. The molecular formula is C15H22BrClN2. The van der Waals surface area contributed by atoms with Crippen LogP contribution in [0.4, 0.5) is 5.69 Å². The highest BCUT2D eigenvalue weighted by atomic mass is 79.9. The molecule has 4 heteroatoms. The van der Waals surface area contributed by atoms with E-state index in [9.17, 15) is 0 Å². The maximum absolute atomic E-state index is 6.32. The van der Waals surface area contributed by atoms with Crippen LogP contribution >= 0.6 is 27.5 Å². The van der Waals surface area contributed by atoms with Crippen LogP contribution in [0, 0.1) is 5.92 Å². The molecule has 0 aromatic heterocycles. The minimum Gasteiger partial charge on any atom is -0.370 e. The van der Waals surface area contributed by atoms with Gasteiger partial charge >= 0.3 is 0 Å². The van der Waals surface area contributed by atoms with Crippen LogP contribution in [0.1, 0.15) is 27.2 Å². The van der Waals surface area contributed by atoms with Gasteiger partial charge in [0.2, 0.25) is 0 Å². The van der Waals surface area contributed by atoms with E-state index >= 15 is 0 Å². The first-order valence-electron chi connectivity index (χ1n) is 6.80. The molecule has 1 saturated heterocycles. The molecule has 1 N–H and O–H groups in total. The maximum atomic E-state index is 6.32. The molecule has 1 heterocycles. The summed E-state index contributed by atoms with van der Waals surface area (Å²) in [6.07, 6.45) is 1.23. The Hall–Kier alpha value is -0.250. The van der Waals surface area contributed by atoms with Crippen molar-refractivity contribution in [3.05, 3.63) is 27.7 Å². The first kappa shape index (κ1) is 15.1. The van der Waals surface area contributed by atoms with E-state index in [-0.39, 0.29) is 5.54 Å². The zero-order valence-electron chi connectivity index (χ0n) is 11.8. The van der Waals surface area contributed by atoms with Gasteiger partial charge in [0.25, 0.3) is 0 Å². The third kappa shape index (κ3) is 4.37. The second kappa shape index (κ2) is 6.02. The van der Waals surface area contributed by atoms with Gasteiger partial charge in [-0.2, -0.15) is 0 Å². The first-order valence-corrected chi connectivity index (χ1v) is 7.97. The van der Waals surface area contributed by atoms with E-state index in [0.29, 0.717) is 5.92 Å². The van der Waals surface area contributed by atoms with Crippen molar-refractivity contribution in [2.24, 2.45) is 5.92 Å². The molecule has 1 aromatic carbocycles. The molecule has 0 radical (unpaired) electrons. The van der Waals surface area contributed by atoms with Gasteiger partial charge in [-0.25, -0.2) is 0 Å². The normalized spacial score (nSPS) is 20.1. The molecule has 1 fully saturated rings. The fraction of sp³-hybridized carbons (Fsp3) is 0.600. The van der Waals surface area contributed by atoms with Gasteiger partial charge in [-0.05, 0) is 51.3 Å². The van der Waals surface area contributed by atoms with Crippen LogP contribution in [0.2, 0.25) is 5.02 Å². The van der Waals surface area contributed by atoms with E-state index in [1.807, 2.05) is 6.07 Å².